The Kier molecular flexibility index (Phi) is 5.48. The first-order valence-electron chi connectivity index (χ1n) is 7.41. The highest BCUT2D eigenvalue weighted by atomic mass is 16.3. The summed E-state index contributed by atoms with van der Waals surface area (Å²) in [4.78, 5) is 13.5. The molecule has 7 nitrogen and oxygen atoms in total. The SMILES string of the molecule is N=C/C=C(/C(=N)Nc1ccc(N2CCC(O)CC2)cc1)C(N)=O. The average molecular weight is 315 g/mol. The zero-order chi connectivity index (χ0) is 16.8. The number of rotatable bonds is 5. The zero-order valence-corrected chi connectivity index (χ0v) is 12.7. The molecule has 0 aromatic heterocycles. The van der Waals surface area contributed by atoms with E-state index >= 15 is 0 Å². The van der Waals surface area contributed by atoms with E-state index in [0.29, 0.717) is 5.69 Å². The van der Waals surface area contributed by atoms with Gasteiger partial charge in [-0.2, -0.15) is 0 Å². The number of nitrogens with two attached hydrogens (primary N) is 1. The summed E-state index contributed by atoms with van der Waals surface area (Å²) in [6.45, 7) is 1.63. The van der Waals surface area contributed by atoms with Gasteiger partial charge in [-0.25, -0.2) is 0 Å². The van der Waals surface area contributed by atoms with E-state index in [4.69, 9.17) is 16.6 Å². The van der Waals surface area contributed by atoms with Gasteiger partial charge in [0.1, 0.15) is 5.84 Å². The van der Waals surface area contributed by atoms with Gasteiger partial charge in [0.05, 0.1) is 11.7 Å². The van der Waals surface area contributed by atoms with Crippen LogP contribution in [-0.4, -0.2) is 42.3 Å². The molecule has 0 saturated carbocycles. The van der Waals surface area contributed by atoms with E-state index in [2.05, 4.69) is 10.2 Å². The molecule has 122 valence electrons. The molecule has 0 spiro atoms. The monoisotopic (exact) mass is 315 g/mol. The van der Waals surface area contributed by atoms with Crippen molar-refractivity contribution in [2.24, 2.45) is 5.73 Å². The number of aliphatic hydroxyl groups is 1. The van der Waals surface area contributed by atoms with Gasteiger partial charge in [-0.1, -0.05) is 0 Å². The zero-order valence-electron chi connectivity index (χ0n) is 12.7. The van der Waals surface area contributed by atoms with Gasteiger partial charge in [0.25, 0.3) is 5.91 Å². The minimum Gasteiger partial charge on any atom is -0.393 e. The van der Waals surface area contributed by atoms with E-state index < -0.39 is 5.91 Å². The summed E-state index contributed by atoms with van der Waals surface area (Å²) in [6, 6.07) is 7.49. The van der Waals surface area contributed by atoms with Crippen molar-refractivity contribution in [3.63, 3.8) is 0 Å². The van der Waals surface area contributed by atoms with E-state index in [9.17, 15) is 9.90 Å². The van der Waals surface area contributed by atoms with E-state index in [1.165, 1.54) is 6.08 Å². The molecule has 23 heavy (non-hydrogen) atoms. The number of carbonyl (C=O) groups excluding carboxylic acids is 1. The predicted octanol–water partition coefficient (Wildman–Crippen LogP) is 1.10. The van der Waals surface area contributed by atoms with Crippen LogP contribution in [0.2, 0.25) is 0 Å². The topological polar surface area (TPSA) is 126 Å². The number of benzene rings is 1. The number of nitrogens with zero attached hydrogens (tertiary/aromatic N) is 1. The van der Waals surface area contributed by atoms with Crippen LogP contribution in [0.5, 0.6) is 0 Å². The van der Waals surface area contributed by atoms with Gasteiger partial charge in [-0.05, 0) is 43.2 Å². The molecule has 1 aliphatic rings. The highest BCUT2D eigenvalue weighted by Gasteiger charge is 2.17. The smallest absolute Gasteiger partial charge is 0.252 e. The fraction of sp³-hybridized carbons (Fsp3) is 0.312. The third-order valence-electron chi connectivity index (χ3n) is 3.75. The van der Waals surface area contributed by atoms with Crippen molar-refractivity contribution in [1.82, 2.24) is 0 Å². The molecule has 1 amide bonds. The first-order valence-corrected chi connectivity index (χ1v) is 7.41. The molecule has 7 heteroatoms. The van der Waals surface area contributed by atoms with E-state index in [0.717, 1.165) is 37.8 Å². The van der Waals surface area contributed by atoms with Crippen LogP contribution in [0.3, 0.4) is 0 Å². The lowest BCUT2D eigenvalue weighted by molar-refractivity contribution is -0.114. The molecule has 0 bridgehead atoms. The second-order valence-corrected chi connectivity index (χ2v) is 5.38. The van der Waals surface area contributed by atoms with Crippen LogP contribution < -0.4 is 16.0 Å². The van der Waals surface area contributed by atoms with Crippen molar-refractivity contribution in [1.29, 1.82) is 10.8 Å². The highest BCUT2D eigenvalue weighted by Crippen LogP contribution is 2.22. The second-order valence-electron chi connectivity index (χ2n) is 5.38. The molecule has 1 saturated heterocycles. The molecule has 1 fully saturated rings. The Morgan fingerprint density at radius 2 is 1.91 bits per heavy atom. The number of primary amides is 1. The van der Waals surface area contributed by atoms with Gasteiger partial charge >= 0.3 is 0 Å². The Hall–Kier alpha value is -2.67. The predicted molar refractivity (Wildman–Crippen MR) is 91.3 cm³/mol. The number of nitrogens with one attached hydrogen (secondary N) is 3. The van der Waals surface area contributed by atoms with Gasteiger partial charge in [-0.3, -0.25) is 10.2 Å². The van der Waals surface area contributed by atoms with Gasteiger partial charge in [0.15, 0.2) is 0 Å². The summed E-state index contributed by atoms with van der Waals surface area (Å²) in [5.74, 6) is -0.899. The largest absolute Gasteiger partial charge is 0.393 e. The molecule has 0 radical (unpaired) electrons. The fourth-order valence-electron chi connectivity index (χ4n) is 2.46. The van der Waals surface area contributed by atoms with Crippen LogP contribution in [0.25, 0.3) is 0 Å². The molecular formula is C16H21N5O2. The van der Waals surface area contributed by atoms with Gasteiger partial charge in [-0.15, -0.1) is 0 Å². The standard InChI is InChI=1S/C16H21N5O2/c17-8-5-14(16(19)23)15(18)20-11-1-3-12(4-2-11)21-9-6-13(22)7-10-21/h1-5,8,13,17,22H,6-7,9-10H2,(H2,18,20)(H2,19,23)/b14-5-,17-8?. The van der Waals surface area contributed by atoms with Crippen LogP contribution in [-0.2, 0) is 4.79 Å². The number of aliphatic hydroxyl groups excluding tert-OH is 1. The molecule has 1 aromatic carbocycles. The minimum absolute atomic E-state index is 0.0471. The number of amides is 1. The third kappa shape index (κ3) is 4.40. The van der Waals surface area contributed by atoms with Crippen molar-refractivity contribution < 1.29 is 9.90 Å². The summed E-state index contributed by atoms with van der Waals surface area (Å²) < 4.78 is 0. The summed E-state index contributed by atoms with van der Waals surface area (Å²) in [5, 5.41) is 27.2. The Bertz CT molecular complexity index is 616. The number of hydrogen-bond donors (Lipinski definition) is 5. The van der Waals surface area contributed by atoms with E-state index in [1.807, 2.05) is 24.3 Å². The number of amidine groups is 1. The molecule has 0 atom stereocenters. The van der Waals surface area contributed by atoms with Crippen molar-refractivity contribution in [2.45, 2.75) is 18.9 Å². The van der Waals surface area contributed by atoms with Crippen LogP contribution >= 0.6 is 0 Å². The first-order chi connectivity index (χ1) is 11.0. The summed E-state index contributed by atoms with van der Waals surface area (Å²) >= 11 is 0. The Labute approximate surface area is 134 Å². The number of allylic oxidation sites excluding steroid dienone is 1. The summed E-state index contributed by atoms with van der Waals surface area (Å²) in [6.07, 6.45) is 3.43. The highest BCUT2D eigenvalue weighted by molar-refractivity contribution is 6.25. The molecule has 6 N–H and O–H groups in total. The molecule has 1 aliphatic heterocycles. The maximum atomic E-state index is 11.3. The van der Waals surface area contributed by atoms with Crippen molar-refractivity contribution in [3.05, 3.63) is 35.9 Å². The molecule has 1 heterocycles. The Morgan fingerprint density at radius 1 is 1.30 bits per heavy atom. The minimum atomic E-state index is -0.755. The fourth-order valence-corrected chi connectivity index (χ4v) is 2.46. The molecular weight excluding hydrogens is 294 g/mol. The van der Waals surface area contributed by atoms with Gasteiger partial charge in [0, 0.05) is 30.7 Å². The molecule has 2 rings (SSSR count). The Balaban J connectivity index is 2.02. The quantitative estimate of drug-likeness (QED) is 0.317. The van der Waals surface area contributed by atoms with Gasteiger partial charge in [0.2, 0.25) is 0 Å². The van der Waals surface area contributed by atoms with Crippen LogP contribution in [0, 0.1) is 10.8 Å². The third-order valence-corrected chi connectivity index (χ3v) is 3.75. The Morgan fingerprint density at radius 3 is 2.43 bits per heavy atom. The normalized spacial score (nSPS) is 16.0. The molecule has 0 aliphatic carbocycles. The maximum Gasteiger partial charge on any atom is 0.252 e. The average Bonchev–Trinajstić information content (AvgIpc) is 2.53. The first kappa shape index (κ1) is 16.7. The number of piperidine rings is 1. The lowest BCUT2D eigenvalue weighted by Gasteiger charge is -2.31. The van der Waals surface area contributed by atoms with E-state index in [1.54, 1.807) is 0 Å². The molecule has 0 unspecified atom stereocenters. The lowest BCUT2D eigenvalue weighted by Crippen LogP contribution is -2.35. The number of hydrogen-bond acceptors (Lipinski definition) is 5. The van der Waals surface area contributed by atoms with Crippen molar-refractivity contribution >= 4 is 29.3 Å². The van der Waals surface area contributed by atoms with Crippen molar-refractivity contribution in [2.75, 3.05) is 23.3 Å². The summed E-state index contributed by atoms with van der Waals surface area (Å²) in [5.41, 5.74) is 6.86. The summed E-state index contributed by atoms with van der Waals surface area (Å²) in [7, 11) is 0. The maximum absolute atomic E-state index is 11.3. The number of carbonyl (C=O) groups is 1. The van der Waals surface area contributed by atoms with Crippen molar-refractivity contribution in [3.8, 4) is 0 Å². The number of anilines is 2. The van der Waals surface area contributed by atoms with Crippen LogP contribution in [0.1, 0.15) is 12.8 Å². The molecule has 1 aromatic rings. The van der Waals surface area contributed by atoms with E-state index in [-0.39, 0.29) is 17.5 Å². The van der Waals surface area contributed by atoms with Crippen LogP contribution in [0.4, 0.5) is 11.4 Å². The second kappa shape index (κ2) is 7.55. The lowest BCUT2D eigenvalue weighted by atomic mass is 10.1. The van der Waals surface area contributed by atoms with Gasteiger partial charge < -0.3 is 26.5 Å². The van der Waals surface area contributed by atoms with Crippen LogP contribution in [0.15, 0.2) is 35.9 Å².